The smallest absolute Gasteiger partial charge is 0.241 e. The average molecular weight is 308 g/mol. The lowest BCUT2D eigenvalue weighted by molar-refractivity contribution is 0.579. The summed E-state index contributed by atoms with van der Waals surface area (Å²) in [7, 11) is -3.64. The zero-order valence-corrected chi connectivity index (χ0v) is 12.5. The highest BCUT2D eigenvalue weighted by atomic mass is 32.2. The fourth-order valence-electron chi connectivity index (χ4n) is 2.04. The van der Waals surface area contributed by atoms with E-state index in [-0.39, 0.29) is 11.4 Å². The number of benzene rings is 2. The van der Waals surface area contributed by atoms with E-state index >= 15 is 0 Å². The van der Waals surface area contributed by atoms with Crippen molar-refractivity contribution in [3.05, 3.63) is 65.0 Å². The van der Waals surface area contributed by atoms with Gasteiger partial charge in [0, 0.05) is 13.1 Å². The predicted molar refractivity (Wildman–Crippen MR) is 79.5 cm³/mol. The van der Waals surface area contributed by atoms with E-state index in [1.165, 1.54) is 18.2 Å². The molecule has 0 aliphatic rings. The molecular formula is C15H17FN2O2S. The van der Waals surface area contributed by atoms with Crippen LogP contribution in [0.2, 0.25) is 0 Å². The third-order valence-electron chi connectivity index (χ3n) is 3.12. The average Bonchev–Trinajstić information content (AvgIpc) is 2.45. The SMILES string of the molecule is Cc1cc(CN)ccc1S(=O)(=O)NCc1cccc(F)c1. The molecule has 0 radical (unpaired) electrons. The van der Waals surface area contributed by atoms with Crippen LogP contribution in [-0.2, 0) is 23.1 Å². The molecular weight excluding hydrogens is 291 g/mol. The Labute approximate surface area is 123 Å². The molecule has 0 heterocycles. The van der Waals surface area contributed by atoms with Crippen LogP contribution < -0.4 is 10.5 Å². The monoisotopic (exact) mass is 308 g/mol. The largest absolute Gasteiger partial charge is 0.326 e. The highest BCUT2D eigenvalue weighted by Gasteiger charge is 2.16. The Bertz CT molecular complexity index is 745. The van der Waals surface area contributed by atoms with E-state index in [4.69, 9.17) is 5.73 Å². The standard InChI is InChI=1S/C15H17FN2O2S/c1-11-7-12(9-17)5-6-15(11)21(19,20)18-10-13-3-2-4-14(16)8-13/h2-8,18H,9-10,17H2,1H3. The van der Waals surface area contributed by atoms with E-state index in [1.807, 2.05) is 0 Å². The number of hydrogen-bond acceptors (Lipinski definition) is 3. The van der Waals surface area contributed by atoms with Gasteiger partial charge in [0.2, 0.25) is 10.0 Å². The third-order valence-corrected chi connectivity index (χ3v) is 4.68. The van der Waals surface area contributed by atoms with E-state index in [1.54, 1.807) is 31.2 Å². The van der Waals surface area contributed by atoms with Crippen LogP contribution in [0, 0.1) is 12.7 Å². The number of rotatable bonds is 5. The number of hydrogen-bond donors (Lipinski definition) is 2. The molecule has 0 atom stereocenters. The maximum atomic E-state index is 13.1. The Morgan fingerprint density at radius 1 is 1.14 bits per heavy atom. The molecule has 0 bridgehead atoms. The van der Waals surface area contributed by atoms with E-state index in [9.17, 15) is 12.8 Å². The fourth-order valence-corrected chi connectivity index (χ4v) is 3.29. The molecule has 2 rings (SSSR count). The number of sulfonamides is 1. The van der Waals surface area contributed by atoms with E-state index in [0.29, 0.717) is 17.7 Å². The first kappa shape index (κ1) is 15.6. The van der Waals surface area contributed by atoms with Gasteiger partial charge in [0.05, 0.1) is 4.90 Å². The summed E-state index contributed by atoms with van der Waals surface area (Å²) in [5, 5.41) is 0. The highest BCUT2D eigenvalue weighted by molar-refractivity contribution is 7.89. The molecule has 0 amide bonds. The van der Waals surface area contributed by atoms with Crippen molar-refractivity contribution < 1.29 is 12.8 Å². The Morgan fingerprint density at radius 3 is 2.52 bits per heavy atom. The second kappa shape index (κ2) is 6.34. The quantitative estimate of drug-likeness (QED) is 0.888. The van der Waals surface area contributed by atoms with Crippen molar-refractivity contribution in [3.63, 3.8) is 0 Å². The zero-order valence-electron chi connectivity index (χ0n) is 11.6. The van der Waals surface area contributed by atoms with Crippen molar-refractivity contribution in [1.29, 1.82) is 0 Å². The number of halogens is 1. The molecule has 2 aromatic rings. The maximum absolute atomic E-state index is 13.1. The van der Waals surface area contributed by atoms with E-state index in [2.05, 4.69) is 4.72 Å². The van der Waals surface area contributed by atoms with Crippen LogP contribution in [0.1, 0.15) is 16.7 Å². The molecule has 4 nitrogen and oxygen atoms in total. The second-order valence-electron chi connectivity index (χ2n) is 4.76. The van der Waals surface area contributed by atoms with Crippen LogP contribution in [0.5, 0.6) is 0 Å². The van der Waals surface area contributed by atoms with E-state index < -0.39 is 15.8 Å². The van der Waals surface area contributed by atoms with Gasteiger partial charge in [0.1, 0.15) is 5.82 Å². The van der Waals surface area contributed by atoms with Crippen LogP contribution in [0.25, 0.3) is 0 Å². The van der Waals surface area contributed by atoms with Gasteiger partial charge in [-0.1, -0.05) is 24.3 Å². The molecule has 3 N–H and O–H groups in total. The van der Waals surface area contributed by atoms with Gasteiger partial charge in [0.15, 0.2) is 0 Å². The molecule has 6 heteroatoms. The minimum absolute atomic E-state index is 0.0399. The van der Waals surface area contributed by atoms with Crippen molar-refractivity contribution in [3.8, 4) is 0 Å². The number of aryl methyl sites for hydroxylation is 1. The van der Waals surface area contributed by atoms with Crippen molar-refractivity contribution in [2.45, 2.75) is 24.9 Å². The number of nitrogens with two attached hydrogens (primary N) is 1. The fraction of sp³-hybridized carbons (Fsp3) is 0.200. The van der Waals surface area contributed by atoms with Crippen LogP contribution in [0.4, 0.5) is 4.39 Å². The van der Waals surface area contributed by atoms with Gasteiger partial charge in [0.25, 0.3) is 0 Å². The lowest BCUT2D eigenvalue weighted by atomic mass is 10.1. The minimum atomic E-state index is -3.64. The van der Waals surface area contributed by atoms with Crippen LogP contribution in [0.15, 0.2) is 47.4 Å². The summed E-state index contributed by atoms with van der Waals surface area (Å²) in [5.41, 5.74) is 7.59. The first-order chi connectivity index (χ1) is 9.92. The normalized spacial score (nSPS) is 11.6. The molecule has 0 saturated carbocycles. The summed E-state index contributed by atoms with van der Waals surface area (Å²) >= 11 is 0. The summed E-state index contributed by atoms with van der Waals surface area (Å²) in [6.07, 6.45) is 0. The molecule has 0 unspecified atom stereocenters. The van der Waals surface area contributed by atoms with Crippen molar-refractivity contribution >= 4 is 10.0 Å². The van der Waals surface area contributed by atoms with Crippen molar-refractivity contribution in [1.82, 2.24) is 4.72 Å². The summed E-state index contributed by atoms with van der Waals surface area (Å²) in [4.78, 5) is 0.205. The summed E-state index contributed by atoms with van der Waals surface area (Å²) in [6.45, 7) is 2.12. The predicted octanol–water partition coefficient (Wildman–Crippen LogP) is 2.07. The zero-order chi connectivity index (χ0) is 15.5. The molecule has 0 spiro atoms. The van der Waals surface area contributed by atoms with Gasteiger partial charge < -0.3 is 5.73 Å². The van der Waals surface area contributed by atoms with Gasteiger partial charge in [-0.2, -0.15) is 0 Å². The van der Waals surface area contributed by atoms with Crippen molar-refractivity contribution in [2.24, 2.45) is 5.73 Å². The van der Waals surface area contributed by atoms with Crippen LogP contribution in [0.3, 0.4) is 0 Å². The Balaban J connectivity index is 2.19. The molecule has 21 heavy (non-hydrogen) atoms. The van der Waals surface area contributed by atoms with Gasteiger partial charge in [-0.15, -0.1) is 0 Å². The maximum Gasteiger partial charge on any atom is 0.241 e. The van der Waals surface area contributed by atoms with Gasteiger partial charge >= 0.3 is 0 Å². The number of nitrogens with one attached hydrogen (secondary N) is 1. The van der Waals surface area contributed by atoms with Crippen LogP contribution >= 0.6 is 0 Å². The summed E-state index contributed by atoms with van der Waals surface area (Å²) in [5.74, 6) is -0.393. The third kappa shape index (κ3) is 3.87. The Kier molecular flexibility index (Phi) is 4.72. The Hall–Kier alpha value is -1.76. The lowest BCUT2D eigenvalue weighted by Gasteiger charge is -2.10. The first-order valence-electron chi connectivity index (χ1n) is 6.46. The molecule has 0 aliphatic carbocycles. The van der Waals surface area contributed by atoms with Crippen molar-refractivity contribution in [2.75, 3.05) is 0 Å². The van der Waals surface area contributed by atoms with Gasteiger partial charge in [-0.3, -0.25) is 0 Å². The van der Waals surface area contributed by atoms with Crippen LogP contribution in [-0.4, -0.2) is 8.42 Å². The highest BCUT2D eigenvalue weighted by Crippen LogP contribution is 2.17. The topological polar surface area (TPSA) is 72.2 Å². The second-order valence-corrected chi connectivity index (χ2v) is 6.49. The molecule has 0 aliphatic heterocycles. The summed E-state index contributed by atoms with van der Waals surface area (Å²) in [6, 6.07) is 10.8. The Morgan fingerprint density at radius 2 is 1.90 bits per heavy atom. The first-order valence-corrected chi connectivity index (χ1v) is 7.94. The minimum Gasteiger partial charge on any atom is -0.326 e. The molecule has 2 aromatic carbocycles. The molecule has 0 fully saturated rings. The molecule has 0 aromatic heterocycles. The molecule has 0 saturated heterocycles. The molecule has 112 valence electrons. The van der Waals surface area contributed by atoms with Gasteiger partial charge in [-0.05, 0) is 41.8 Å². The summed E-state index contributed by atoms with van der Waals surface area (Å²) < 4.78 is 40.1. The lowest BCUT2D eigenvalue weighted by Crippen LogP contribution is -2.24. The van der Waals surface area contributed by atoms with E-state index in [0.717, 1.165) is 5.56 Å². The van der Waals surface area contributed by atoms with Gasteiger partial charge in [-0.25, -0.2) is 17.5 Å².